The smallest absolute Gasteiger partial charge is 0.256 e. The van der Waals surface area contributed by atoms with Crippen LogP contribution in [0.3, 0.4) is 0 Å². The van der Waals surface area contributed by atoms with Gasteiger partial charge in [0, 0.05) is 35.2 Å². The molecule has 4 aromatic rings. The quantitative estimate of drug-likeness (QED) is 0.616. The Labute approximate surface area is 132 Å². The molecule has 0 fully saturated rings. The minimum Gasteiger partial charge on any atom is -0.322 e. The first-order valence-electron chi connectivity index (χ1n) is 7.17. The molecule has 2 aromatic carbocycles. The van der Waals surface area contributed by atoms with Gasteiger partial charge in [-0.15, -0.1) is 0 Å². The number of pyridine rings is 1. The minimum absolute atomic E-state index is 0.174. The molecule has 5 heteroatoms. The molecule has 0 atom stereocenters. The number of amides is 1. The van der Waals surface area contributed by atoms with Crippen LogP contribution in [-0.4, -0.2) is 20.9 Å². The number of rotatable bonds is 2. The van der Waals surface area contributed by atoms with E-state index in [1.54, 1.807) is 24.7 Å². The number of fused-ring (bicyclic) bond motifs is 2. The average Bonchev–Trinajstić information content (AvgIpc) is 2.61. The lowest BCUT2D eigenvalue weighted by Gasteiger charge is -2.08. The second-order valence-corrected chi connectivity index (χ2v) is 5.09. The van der Waals surface area contributed by atoms with Crippen molar-refractivity contribution >= 4 is 33.5 Å². The number of carbonyl (C=O) groups excluding carboxylic acids is 1. The highest BCUT2D eigenvalue weighted by molar-refractivity contribution is 6.12. The van der Waals surface area contributed by atoms with Crippen LogP contribution in [0.25, 0.3) is 21.9 Å². The van der Waals surface area contributed by atoms with E-state index in [0.717, 1.165) is 21.9 Å². The standard InChI is InChI=1S/C18H12N4O/c23-18(14-3-1-5-15-13(14)4-2-8-19-15)22-12-6-7-16-17(11-12)21-10-9-20-16/h1-11H,(H,22,23). The van der Waals surface area contributed by atoms with E-state index >= 15 is 0 Å². The Morgan fingerprint density at radius 1 is 0.783 bits per heavy atom. The van der Waals surface area contributed by atoms with Gasteiger partial charge in [-0.2, -0.15) is 0 Å². The van der Waals surface area contributed by atoms with Gasteiger partial charge in [-0.3, -0.25) is 19.7 Å². The van der Waals surface area contributed by atoms with Crippen molar-refractivity contribution in [3.8, 4) is 0 Å². The molecule has 0 spiro atoms. The van der Waals surface area contributed by atoms with Crippen molar-refractivity contribution in [2.75, 3.05) is 5.32 Å². The zero-order valence-corrected chi connectivity index (χ0v) is 12.1. The van der Waals surface area contributed by atoms with Gasteiger partial charge in [0.1, 0.15) is 0 Å². The number of hydrogen-bond acceptors (Lipinski definition) is 4. The highest BCUT2D eigenvalue weighted by atomic mass is 16.1. The first-order chi connectivity index (χ1) is 11.3. The minimum atomic E-state index is -0.174. The summed E-state index contributed by atoms with van der Waals surface area (Å²) in [7, 11) is 0. The first-order valence-corrected chi connectivity index (χ1v) is 7.17. The summed E-state index contributed by atoms with van der Waals surface area (Å²) in [6.45, 7) is 0. The maximum absolute atomic E-state index is 12.6. The monoisotopic (exact) mass is 300 g/mol. The Morgan fingerprint density at radius 3 is 2.52 bits per heavy atom. The SMILES string of the molecule is O=C(Nc1ccc2nccnc2c1)c1cccc2ncccc12. The van der Waals surface area contributed by atoms with Gasteiger partial charge in [-0.1, -0.05) is 12.1 Å². The lowest BCUT2D eigenvalue weighted by Crippen LogP contribution is -2.12. The molecule has 1 N–H and O–H groups in total. The van der Waals surface area contributed by atoms with Crippen LogP contribution in [0.5, 0.6) is 0 Å². The van der Waals surface area contributed by atoms with Crippen molar-refractivity contribution in [1.29, 1.82) is 0 Å². The second-order valence-electron chi connectivity index (χ2n) is 5.09. The zero-order chi connectivity index (χ0) is 15.6. The predicted octanol–water partition coefficient (Wildman–Crippen LogP) is 3.43. The average molecular weight is 300 g/mol. The number of hydrogen-bond donors (Lipinski definition) is 1. The Morgan fingerprint density at radius 2 is 1.61 bits per heavy atom. The third-order valence-electron chi connectivity index (χ3n) is 3.62. The summed E-state index contributed by atoms with van der Waals surface area (Å²) >= 11 is 0. The molecule has 5 nitrogen and oxygen atoms in total. The second kappa shape index (κ2) is 5.46. The summed E-state index contributed by atoms with van der Waals surface area (Å²) in [5.74, 6) is -0.174. The van der Waals surface area contributed by atoms with E-state index in [4.69, 9.17) is 0 Å². The topological polar surface area (TPSA) is 67.8 Å². The molecule has 0 saturated heterocycles. The van der Waals surface area contributed by atoms with Crippen molar-refractivity contribution in [1.82, 2.24) is 15.0 Å². The largest absolute Gasteiger partial charge is 0.322 e. The Kier molecular flexibility index (Phi) is 3.16. The summed E-state index contributed by atoms with van der Waals surface area (Å²) in [6.07, 6.45) is 4.99. The molecule has 0 saturated carbocycles. The van der Waals surface area contributed by atoms with Crippen LogP contribution in [-0.2, 0) is 0 Å². The predicted molar refractivity (Wildman–Crippen MR) is 89.2 cm³/mol. The summed E-state index contributed by atoms with van der Waals surface area (Å²) < 4.78 is 0. The Bertz CT molecular complexity index is 1020. The third-order valence-corrected chi connectivity index (χ3v) is 3.62. The van der Waals surface area contributed by atoms with E-state index in [0.29, 0.717) is 11.3 Å². The maximum Gasteiger partial charge on any atom is 0.256 e. The molecule has 23 heavy (non-hydrogen) atoms. The number of benzene rings is 2. The van der Waals surface area contributed by atoms with E-state index < -0.39 is 0 Å². The highest BCUT2D eigenvalue weighted by Gasteiger charge is 2.11. The lowest BCUT2D eigenvalue weighted by atomic mass is 10.1. The van der Waals surface area contributed by atoms with E-state index in [9.17, 15) is 4.79 Å². The summed E-state index contributed by atoms with van der Waals surface area (Å²) in [5, 5.41) is 3.73. The molecule has 0 aliphatic rings. The fourth-order valence-electron chi connectivity index (χ4n) is 2.54. The van der Waals surface area contributed by atoms with Gasteiger partial charge in [-0.05, 0) is 36.4 Å². The number of carbonyl (C=O) groups is 1. The molecule has 4 rings (SSSR count). The van der Waals surface area contributed by atoms with Crippen molar-refractivity contribution in [2.45, 2.75) is 0 Å². The van der Waals surface area contributed by atoms with Gasteiger partial charge in [0.25, 0.3) is 5.91 Å². The van der Waals surface area contributed by atoms with Crippen molar-refractivity contribution < 1.29 is 4.79 Å². The molecule has 110 valence electrons. The van der Waals surface area contributed by atoms with Crippen LogP contribution in [0, 0.1) is 0 Å². The number of aromatic nitrogens is 3. The van der Waals surface area contributed by atoms with E-state index in [-0.39, 0.29) is 5.91 Å². The Balaban J connectivity index is 1.70. The van der Waals surface area contributed by atoms with Crippen LogP contribution in [0.2, 0.25) is 0 Å². The van der Waals surface area contributed by atoms with Crippen LogP contribution in [0.15, 0.2) is 67.1 Å². The molecule has 0 aliphatic carbocycles. The molecule has 2 aromatic heterocycles. The van der Waals surface area contributed by atoms with Gasteiger partial charge in [-0.25, -0.2) is 0 Å². The van der Waals surface area contributed by atoms with Crippen LogP contribution >= 0.6 is 0 Å². The summed E-state index contributed by atoms with van der Waals surface area (Å²) in [6, 6.07) is 14.7. The molecule has 0 aliphatic heterocycles. The van der Waals surface area contributed by atoms with Crippen molar-refractivity contribution in [3.63, 3.8) is 0 Å². The normalized spacial score (nSPS) is 10.8. The molecule has 2 heterocycles. The molecule has 0 radical (unpaired) electrons. The number of anilines is 1. The van der Waals surface area contributed by atoms with Crippen molar-refractivity contribution in [3.05, 3.63) is 72.7 Å². The van der Waals surface area contributed by atoms with E-state index in [2.05, 4.69) is 20.3 Å². The van der Waals surface area contributed by atoms with Gasteiger partial charge < -0.3 is 5.32 Å². The fraction of sp³-hybridized carbons (Fsp3) is 0. The number of nitrogens with zero attached hydrogens (tertiary/aromatic N) is 3. The van der Waals surface area contributed by atoms with Crippen LogP contribution in [0.1, 0.15) is 10.4 Å². The number of nitrogens with one attached hydrogen (secondary N) is 1. The zero-order valence-electron chi connectivity index (χ0n) is 12.1. The molecular formula is C18H12N4O. The van der Waals surface area contributed by atoms with Gasteiger partial charge in [0.05, 0.1) is 16.6 Å². The van der Waals surface area contributed by atoms with Gasteiger partial charge in [0.15, 0.2) is 0 Å². The lowest BCUT2D eigenvalue weighted by molar-refractivity contribution is 0.102. The summed E-state index contributed by atoms with van der Waals surface area (Å²) in [4.78, 5) is 25.3. The Hall–Kier alpha value is -3.34. The first kappa shape index (κ1) is 13.3. The van der Waals surface area contributed by atoms with Crippen LogP contribution < -0.4 is 5.32 Å². The van der Waals surface area contributed by atoms with E-state index in [1.165, 1.54) is 0 Å². The van der Waals surface area contributed by atoms with Gasteiger partial charge in [0.2, 0.25) is 0 Å². The molecule has 0 bridgehead atoms. The highest BCUT2D eigenvalue weighted by Crippen LogP contribution is 2.20. The van der Waals surface area contributed by atoms with Gasteiger partial charge >= 0.3 is 0 Å². The fourth-order valence-corrected chi connectivity index (χ4v) is 2.54. The maximum atomic E-state index is 12.6. The molecular weight excluding hydrogens is 288 g/mol. The molecule has 1 amide bonds. The third kappa shape index (κ3) is 2.48. The van der Waals surface area contributed by atoms with Crippen molar-refractivity contribution in [2.24, 2.45) is 0 Å². The van der Waals surface area contributed by atoms with E-state index in [1.807, 2.05) is 42.5 Å². The summed E-state index contributed by atoms with van der Waals surface area (Å²) in [5.41, 5.74) is 3.60. The molecule has 0 unspecified atom stereocenters. The van der Waals surface area contributed by atoms with Crippen LogP contribution in [0.4, 0.5) is 5.69 Å².